The third kappa shape index (κ3) is 3.43. The molecule has 2 nitrogen and oxygen atoms in total. The van der Waals surface area contributed by atoms with E-state index in [4.69, 9.17) is 4.74 Å². The minimum Gasteiger partial charge on any atom is -0.458 e. The van der Waals surface area contributed by atoms with Crippen molar-refractivity contribution >= 4 is 57.6 Å². The molecule has 0 saturated carbocycles. The van der Waals surface area contributed by atoms with Crippen molar-refractivity contribution in [2.45, 2.75) is 9.79 Å². The number of nitrogens with zero attached hydrogens (tertiary/aromatic N) is 1. The number of fused-ring (bicyclic) bond motifs is 8. The van der Waals surface area contributed by atoms with Crippen LogP contribution in [0.4, 0.5) is 17.1 Å². The quantitative estimate of drug-likeness (QED) is 0.219. The van der Waals surface area contributed by atoms with Crippen LogP contribution in [0.25, 0.3) is 0 Å². The lowest BCUT2D eigenvalue weighted by molar-refractivity contribution is 0.487. The van der Waals surface area contributed by atoms with Crippen molar-refractivity contribution in [3.8, 4) is 11.5 Å². The largest absolute Gasteiger partial charge is 0.458 e. The Balaban J connectivity index is 1.46. The summed E-state index contributed by atoms with van der Waals surface area (Å²) in [4.78, 5) is 5.02. The molecule has 0 saturated heterocycles. The van der Waals surface area contributed by atoms with Crippen molar-refractivity contribution < 1.29 is 4.74 Å². The normalized spacial score (nSPS) is 13.8. The van der Waals surface area contributed by atoms with Gasteiger partial charge in [0.05, 0.1) is 0 Å². The van der Waals surface area contributed by atoms with Crippen molar-refractivity contribution in [3.05, 3.63) is 152 Å². The van der Waals surface area contributed by atoms with Crippen molar-refractivity contribution in [2.75, 3.05) is 4.90 Å². The molecule has 1 spiro atoms. The standard InChI is InChI=1S/C36H25NOSSi/c1-3-13-26(14-4-1)37(27-15-5-2-6-16-27)28-23-24-30-36(25-28)40(33-20-10-7-17-29(33)38-30)34-21-11-8-18-31(34)39-32-19-9-12-22-35(32)40/h1-25H. The molecule has 0 aliphatic carbocycles. The maximum Gasteiger partial charge on any atom is 0.190 e. The topological polar surface area (TPSA) is 12.5 Å². The molecule has 2 aliphatic rings. The molecule has 0 aromatic heterocycles. The Labute approximate surface area is 239 Å². The lowest BCUT2D eigenvalue weighted by Crippen LogP contribution is -2.77. The highest BCUT2D eigenvalue weighted by Gasteiger charge is 2.52. The van der Waals surface area contributed by atoms with E-state index in [2.05, 4.69) is 157 Å². The van der Waals surface area contributed by atoms with E-state index in [9.17, 15) is 0 Å². The summed E-state index contributed by atoms with van der Waals surface area (Å²) in [6.07, 6.45) is 0. The second kappa shape index (κ2) is 9.30. The van der Waals surface area contributed by atoms with Crippen LogP contribution < -0.4 is 30.4 Å². The fourth-order valence-corrected chi connectivity index (χ4v) is 13.5. The van der Waals surface area contributed by atoms with Crippen molar-refractivity contribution in [1.29, 1.82) is 0 Å². The highest BCUT2D eigenvalue weighted by atomic mass is 32.2. The molecular weight excluding hydrogens is 523 g/mol. The molecule has 0 amide bonds. The first-order valence-electron chi connectivity index (χ1n) is 13.5. The lowest BCUT2D eigenvalue weighted by Gasteiger charge is -2.43. The van der Waals surface area contributed by atoms with Gasteiger partial charge in [-0.15, -0.1) is 0 Å². The maximum absolute atomic E-state index is 6.69. The number of ether oxygens (including phenoxy) is 1. The van der Waals surface area contributed by atoms with Gasteiger partial charge in [-0.25, -0.2) is 0 Å². The summed E-state index contributed by atoms with van der Waals surface area (Å²) in [6, 6.07) is 54.7. The number of hydrogen-bond acceptors (Lipinski definition) is 3. The van der Waals surface area contributed by atoms with Gasteiger partial charge in [0.15, 0.2) is 8.07 Å². The van der Waals surface area contributed by atoms with E-state index in [1.165, 1.54) is 30.5 Å². The second-order valence-corrected chi connectivity index (χ2v) is 14.9. The van der Waals surface area contributed by atoms with E-state index >= 15 is 0 Å². The van der Waals surface area contributed by atoms with Crippen LogP contribution in [0.1, 0.15) is 0 Å². The van der Waals surface area contributed by atoms with Crippen LogP contribution in [0.15, 0.2) is 161 Å². The lowest BCUT2D eigenvalue weighted by atomic mass is 10.2. The molecule has 0 bridgehead atoms. The zero-order valence-electron chi connectivity index (χ0n) is 21.7. The van der Waals surface area contributed by atoms with E-state index < -0.39 is 8.07 Å². The monoisotopic (exact) mass is 547 g/mol. The minimum atomic E-state index is -2.70. The van der Waals surface area contributed by atoms with Gasteiger partial charge < -0.3 is 9.64 Å². The van der Waals surface area contributed by atoms with Crippen LogP contribution in [-0.2, 0) is 0 Å². The van der Waals surface area contributed by atoms with Gasteiger partial charge in [-0.3, -0.25) is 0 Å². The molecule has 4 heteroatoms. The highest BCUT2D eigenvalue weighted by Crippen LogP contribution is 2.40. The van der Waals surface area contributed by atoms with E-state index in [1.54, 1.807) is 0 Å². The van der Waals surface area contributed by atoms with Gasteiger partial charge in [-0.2, -0.15) is 0 Å². The Bertz CT molecular complexity index is 1730. The second-order valence-electron chi connectivity index (χ2n) is 10.1. The summed E-state index contributed by atoms with van der Waals surface area (Å²) in [5, 5.41) is 5.46. The van der Waals surface area contributed by atoms with Crippen LogP contribution in [0.3, 0.4) is 0 Å². The summed E-state index contributed by atoms with van der Waals surface area (Å²) in [5.41, 5.74) is 3.38. The predicted molar refractivity (Wildman–Crippen MR) is 169 cm³/mol. The average molecular weight is 548 g/mol. The van der Waals surface area contributed by atoms with Gasteiger partial charge in [-0.1, -0.05) is 103 Å². The number of anilines is 3. The first-order chi connectivity index (χ1) is 19.8. The molecule has 8 rings (SSSR count). The Hall–Kier alpha value is -4.51. The molecule has 0 N–H and O–H groups in total. The fraction of sp³-hybridized carbons (Fsp3) is 0. The smallest absolute Gasteiger partial charge is 0.190 e. The molecule has 0 unspecified atom stereocenters. The third-order valence-electron chi connectivity index (χ3n) is 7.97. The number of para-hydroxylation sites is 3. The molecule has 0 atom stereocenters. The molecule has 6 aromatic rings. The maximum atomic E-state index is 6.69. The summed E-state index contributed by atoms with van der Waals surface area (Å²) < 4.78 is 6.69. The van der Waals surface area contributed by atoms with Crippen LogP contribution in [0.5, 0.6) is 11.5 Å². The van der Waals surface area contributed by atoms with Gasteiger partial charge >= 0.3 is 0 Å². The number of rotatable bonds is 3. The molecule has 6 aromatic carbocycles. The van der Waals surface area contributed by atoms with Crippen LogP contribution in [-0.4, -0.2) is 8.07 Å². The Morgan fingerprint density at radius 2 is 0.925 bits per heavy atom. The third-order valence-corrected chi connectivity index (χ3v) is 14.4. The number of benzene rings is 6. The van der Waals surface area contributed by atoms with Gasteiger partial charge in [0.2, 0.25) is 0 Å². The van der Waals surface area contributed by atoms with E-state index in [1.807, 2.05) is 11.8 Å². The Morgan fingerprint density at radius 3 is 1.55 bits per heavy atom. The summed E-state index contributed by atoms with van der Waals surface area (Å²) in [7, 11) is -2.70. The van der Waals surface area contributed by atoms with Crippen LogP contribution >= 0.6 is 11.8 Å². The zero-order chi connectivity index (χ0) is 26.5. The number of hydrogen-bond donors (Lipinski definition) is 0. The van der Waals surface area contributed by atoms with E-state index in [0.717, 1.165) is 28.6 Å². The molecular formula is C36H25NOSSi. The molecule has 0 fully saturated rings. The van der Waals surface area contributed by atoms with E-state index in [-0.39, 0.29) is 0 Å². The minimum absolute atomic E-state index is 0.951. The Morgan fingerprint density at radius 1 is 0.425 bits per heavy atom. The van der Waals surface area contributed by atoms with Crippen molar-refractivity contribution in [1.82, 2.24) is 0 Å². The summed E-state index contributed by atoms with van der Waals surface area (Å²) in [5.74, 6) is 1.92. The average Bonchev–Trinajstić information content (AvgIpc) is 3.02. The van der Waals surface area contributed by atoms with Gasteiger partial charge in [-0.05, 0) is 81.4 Å². The summed E-state index contributed by atoms with van der Waals surface area (Å²) >= 11 is 1.89. The van der Waals surface area contributed by atoms with Crippen molar-refractivity contribution in [2.24, 2.45) is 0 Å². The van der Waals surface area contributed by atoms with Gasteiger partial charge in [0.25, 0.3) is 0 Å². The van der Waals surface area contributed by atoms with Crippen LogP contribution in [0, 0.1) is 0 Å². The molecule has 190 valence electrons. The first kappa shape index (κ1) is 23.4. The molecule has 40 heavy (non-hydrogen) atoms. The van der Waals surface area contributed by atoms with Gasteiger partial charge in [0, 0.05) is 26.9 Å². The molecule has 2 heterocycles. The van der Waals surface area contributed by atoms with Crippen LogP contribution in [0.2, 0.25) is 0 Å². The SMILES string of the molecule is c1ccc(N(c2ccccc2)c2ccc3c(c2)[Si]2(c4ccccc4O3)c3ccccc3Sc3ccccc32)cc1. The van der Waals surface area contributed by atoms with E-state index in [0.29, 0.717) is 0 Å². The van der Waals surface area contributed by atoms with Gasteiger partial charge in [0.1, 0.15) is 11.5 Å². The molecule has 0 radical (unpaired) electrons. The predicted octanol–water partition coefficient (Wildman–Crippen LogP) is 7.10. The Kier molecular flexibility index (Phi) is 5.44. The molecule has 2 aliphatic heterocycles. The highest BCUT2D eigenvalue weighted by molar-refractivity contribution is 8.00. The van der Waals surface area contributed by atoms with Crippen molar-refractivity contribution in [3.63, 3.8) is 0 Å². The zero-order valence-corrected chi connectivity index (χ0v) is 23.5. The summed E-state index contributed by atoms with van der Waals surface area (Å²) in [6.45, 7) is 0. The fourth-order valence-electron chi connectivity index (χ4n) is 6.34. The first-order valence-corrected chi connectivity index (χ1v) is 16.3.